The van der Waals surface area contributed by atoms with Crippen molar-refractivity contribution in [3.8, 4) is 22.4 Å². The molecule has 2 heterocycles. The van der Waals surface area contributed by atoms with Gasteiger partial charge in [-0.05, 0) is 49.5 Å². The Bertz CT molecular complexity index is 1450. The van der Waals surface area contributed by atoms with Crippen LogP contribution in [0.1, 0.15) is 31.1 Å². The molecule has 0 aliphatic carbocycles. The standard InChI is InChI=1S/C27H23N5O4/c1-31(2)12-13-36-27(35)22-14-18(17-6-4-3-5-7-17)9-11-24(22)32-25(33)20-10-8-19(15-21(20)26(32)34)23-16-28-30-29-23/h3-11,14-16H,12-13H2,1-2H3,(H,28,29,30). The highest BCUT2D eigenvalue weighted by Gasteiger charge is 2.39. The van der Waals surface area contributed by atoms with Gasteiger partial charge in [0.15, 0.2) is 0 Å². The molecule has 0 radical (unpaired) electrons. The molecule has 2 amide bonds. The van der Waals surface area contributed by atoms with Crippen LogP contribution in [0.3, 0.4) is 0 Å². The number of imide groups is 1. The number of aromatic amines is 1. The van der Waals surface area contributed by atoms with E-state index < -0.39 is 17.8 Å². The van der Waals surface area contributed by atoms with Gasteiger partial charge in [0, 0.05) is 18.3 Å². The van der Waals surface area contributed by atoms with Crippen LogP contribution in [0.5, 0.6) is 0 Å². The van der Waals surface area contributed by atoms with Gasteiger partial charge in [0.2, 0.25) is 0 Å². The average Bonchev–Trinajstić information content (AvgIpc) is 3.51. The SMILES string of the molecule is CN(C)CCOC(=O)c1cc(-c2ccccc2)ccc1N1C(=O)c2ccc(-c3c[nH]nn3)cc2C1=O. The Labute approximate surface area is 207 Å². The Balaban J connectivity index is 1.55. The van der Waals surface area contributed by atoms with Crippen molar-refractivity contribution in [2.24, 2.45) is 0 Å². The number of carbonyl (C=O) groups is 3. The molecule has 9 heteroatoms. The number of hydrogen-bond donors (Lipinski definition) is 1. The quantitative estimate of drug-likeness (QED) is 0.317. The molecule has 0 unspecified atom stereocenters. The molecule has 180 valence electrons. The second kappa shape index (κ2) is 9.55. The lowest BCUT2D eigenvalue weighted by molar-refractivity contribution is 0.0483. The number of esters is 1. The average molecular weight is 482 g/mol. The molecule has 1 aliphatic rings. The molecule has 0 bridgehead atoms. The number of benzene rings is 3. The number of nitrogens with one attached hydrogen (secondary N) is 1. The minimum Gasteiger partial charge on any atom is -0.461 e. The van der Waals surface area contributed by atoms with Crippen molar-refractivity contribution < 1.29 is 19.1 Å². The summed E-state index contributed by atoms with van der Waals surface area (Å²) in [6.45, 7) is 0.710. The maximum absolute atomic E-state index is 13.5. The second-order valence-electron chi connectivity index (χ2n) is 8.60. The van der Waals surface area contributed by atoms with Crippen molar-refractivity contribution in [1.29, 1.82) is 0 Å². The van der Waals surface area contributed by atoms with E-state index in [1.165, 1.54) is 0 Å². The van der Waals surface area contributed by atoms with Crippen LogP contribution in [0, 0.1) is 0 Å². The molecule has 36 heavy (non-hydrogen) atoms. The Morgan fingerprint density at radius 3 is 2.39 bits per heavy atom. The third-order valence-corrected chi connectivity index (χ3v) is 5.94. The van der Waals surface area contributed by atoms with Crippen LogP contribution in [-0.4, -0.2) is 65.3 Å². The van der Waals surface area contributed by atoms with Gasteiger partial charge < -0.3 is 9.64 Å². The van der Waals surface area contributed by atoms with Gasteiger partial charge in [0.25, 0.3) is 11.8 Å². The topological polar surface area (TPSA) is 108 Å². The van der Waals surface area contributed by atoms with Crippen LogP contribution in [0.15, 0.2) is 72.9 Å². The summed E-state index contributed by atoms with van der Waals surface area (Å²) in [6, 6.07) is 19.5. The first-order valence-electron chi connectivity index (χ1n) is 11.3. The number of amides is 2. The van der Waals surface area contributed by atoms with Crippen molar-refractivity contribution in [3.63, 3.8) is 0 Å². The maximum atomic E-state index is 13.5. The molecule has 1 aromatic heterocycles. The molecule has 9 nitrogen and oxygen atoms in total. The first-order chi connectivity index (χ1) is 17.4. The lowest BCUT2D eigenvalue weighted by atomic mass is 10.0. The number of aromatic nitrogens is 3. The van der Waals surface area contributed by atoms with Crippen LogP contribution >= 0.6 is 0 Å². The number of anilines is 1. The number of carbonyl (C=O) groups excluding carboxylic acids is 3. The fraction of sp³-hybridized carbons (Fsp3) is 0.148. The normalized spacial score (nSPS) is 12.8. The Morgan fingerprint density at radius 2 is 1.67 bits per heavy atom. The Kier molecular flexibility index (Phi) is 6.14. The summed E-state index contributed by atoms with van der Waals surface area (Å²) in [5.74, 6) is -1.63. The lowest BCUT2D eigenvalue weighted by Gasteiger charge is -2.19. The molecule has 0 fully saturated rings. The summed E-state index contributed by atoms with van der Waals surface area (Å²) in [4.78, 5) is 42.9. The van der Waals surface area contributed by atoms with Gasteiger partial charge >= 0.3 is 5.97 Å². The van der Waals surface area contributed by atoms with E-state index in [9.17, 15) is 14.4 Å². The van der Waals surface area contributed by atoms with Crippen LogP contribution in [0.25, 0.3) is 22.4 Å². The van der Waals surface area contributed by atoms with E-state index in [2.05, 4.69) is 15.4 Å². The van der Waals surface area contributed by atoms with E-state index in [-0.39, 0.29) is 29.0 Å². The second-order valence-corrected chi connectivity index (χ2v) is 8.60. The minimum absolute atomic E-state index is 0.140. The maximum Gasteiger partial charge on any atom is 0.340 e. The number of H-pyrrole nitrogens is 1. The van der Waals surface area contributed by atoms with E-state index in [0.717, 1.165) is 16.0 Å². The van der Waals surface area contributed by atoms with Gasteiger partial charge in [-0.1, -0.05) is 47.7 Å². The molecule has 1 N–H and O–H groups in total. The van der Waals surface area contributed by atoms with Gasteiger partial charge in [-0.2, -0.15) is 0 Å². The minimum atomic E-state index is -0.607. The molecule has 4 aromatic rings. The van der Waals surface area contributed by atoms with Crippen molar-refractivity contribution in [1.82, 2.24) is 20.3 Å². The zero-order chi connectivity index (χ0) is 25.2. The van der Waals surface area contributed by atoms with Crippen molar-refractivity contribution in [3.05, 3.63) is 89.6 Å². The van der Waals surface area contributed by atoms with E-state index in [1.54, 1.807) is 42.6 Å². The summed E-state index contributed by atoms with van der Waals surface area (Å²) in [5.41, 5.74) is 3.67. The highest BCUT2D eigenvalue weighted by molar-refractivity contribution is 6.35. The van der Waals surface area contributed by atoms with Gasteiger partial charge in [-0.3, -0.25) is 14.7 Å². The molecule has 3 aromatic carbocycles. The Hall–Kier alpha value is -4.63. The van der Waals surface area contributed by atoms with E-state index in [1.807, 2.05) is 49.3 Å². The van der Waals surface area contributed by atoms with Crippen LogP contribution < -0.4 is 4.90 Å². The zero-order valence-corrected chi connectivity index (χ0v) is 19.8. The number of nitrogens with zero attached hydrogens (tertiary/aromatic N) is 4. The molecule has 0 saturated carbocycles. The fourth-order valence-electron chi connectivity index (χ4n) is 4.06. The summed E-state index contributed by atoms with van der Waals surface area (Å²) in [7, 11) is 3.75. The van der Waals surface area contributed by atoms with Gasteiger partial charge in [0.05, 0.1) is 22.4 Å². The molecule has 0 spiro atoms. The number of rotatable bonds is 7. The third-order valence-electron chi connectivity index (χ3n) is 5.94. The number of ether oxygens (including phenoxy) is 1. The van der Waals surface area contributed by atoms with Crippen molar-refractivity contribution in [2.45, 2.75) is 0 Å². The molecular weight excluding hydrogens is 458 g/mol. The first-order valence-corrected chi connectivity index (χ1v) is 11.3. The van der Waals surface area contributed by atoms with Crippen LogP contribution in [0.2, 0.25) is 0 Å². The number of fused-ring (bicyclic) bond motifs is 1. The summed E-state index contributed by atoms with van der Waals surface area (Å²) < 4.78 is 5.50. The highest BCUT2D eigenvalue weighted by atomic mass is 16.5. The van der Waals surface area contributed by atoms with E-state index >= 15 is 0 Å². The first kappa shape index (κ1) is 23.1. The molecule has 1 aliphatic heterocycles. The van der Waals surface area contributed by atoms with Crippen molar-refractivity contribution >= 4 is 23.5 Å². The number of likely N-dealkylation sites (N-methyl/N-ethyl adjacent to an activating group) is 1. The summed E-state index contributed by atoms with van der Waals surface area (Å²) in [6.07, 6.45) is 1.60. The Morgan fingerprint density at radius 1 is 0.917 bits per heavy atom. The predicted molar refractivity (Wildman–Crippen MR) is 134 cm³/mol. The third kappa shape index (κ3) is 4.27. The van der Waals surface area contributed by atoms with Crippen molar-refractivity contribution in [2.75, 3.05) is 32.1 Å². The number of hydrogen-bond acceptors (Lipinski definition) is 7. The monoisotopic (exact) mass is 481 g/mol. The highest BCUT2D eigenvalue weighted by Crippen LogP contribution is 2.35. The molecule has 0 saturated heterocycles. The van der Waals surface area contributed by atoms with Crippen LogP contribution in [-0.2, 0) is 4.74 Å². The lowest BCUT2D eigenvalue weighted by Crippen LogP contribution is -2.31. The van der Waals surface area contributed by atoms with E-state index in [0.29, 0.717) is 17.8 Å². The van der Waals surface area contributed by atoms with Gasteiger partial charge in [0.1, 0.15) is 12.3 Å². The van der Waals surface area contributed by atoms with Gasteiger partial charge in [-0.15, -0.1) is 5.10 Å². The fourth-order valence-corrected chi connectivity index (χ4v) is 4.06. The summed E-state index contributed by atoms with van der Waals surface area (Å²) >= 11 is 0. The van der Waals surface area contributed by atoms with Crippen LogP contribution in [0.4, 0.5) is 5.69 Å². The van der Waals surface area contributed by atoms with E-state index in [4.69, 9.17) is 4.74 Å². The summed E-state index contributed by atoms with van der Waals surface area (Å²) in [5, 5.41) is 10.3. The molecule has 5 rings (SSSR count). The van der Waals surface area contributed by atoms with Gasteiger partial charge in [-0.25, -0.2) is 9.69 Å². The molecule has 0 atom stereocenters. The zero-order valence-electron chi connectivity index (χ0n) is 19.8. The smallest absolute Gasteiger partial charge is 0.340 e. The predicted octanol–water partition coefficient (Wildman–Crippen LogP) is 3.66. The molecular formula is C27H23N5O4. The largest absolute Gasteiger partial charge is 0.461 e.